The van der Waals surface area contributed by atoms with Crippen molar-refractivity contribution in [3.63, 3.8) is 0 Å². The van der Waals surface area contributed by atoms with Crippen LogP contribution >= 0.6 is 0 Å². The zero-order valence-electron chi connectivity index (χ0n) is 13.3. The van der Waals surface area contributed by atoms with Gasteiger partial charge in [-0.2, -0.15) is 0 Å². The molecule has 3 nitrogen and oxygen atoms in total. The van der Waals surface area contributed by atoms with Crippen LogP contribution < -0.4 is 0 Å². The molecule has 114 valence electrons. The largest absolute Gasteiger partial charge is 0.369 e. The van der Waals surface area contributed by atoms with E-state index in [1.54, 1.807) is 0 Å². The van der Waals surface area contributed by atoms with Crippen LogP contribution in [0.4, 0.5) is 0 Å². The third-order valence-corrected chi connectivity index (χ3v) is 4.67. The van der Waals surface area contributed by atoms with E-state index < -0.39 is 11.7 Å². The number of hydrogen-bond donors (Lipinski definition) is 0. The van der Waals surface area contributed by atoms with Crippen LogP contribution in [-0.2, 0) is 20.7 Å². The lowest BCUT2D eigenvalue weighted by molar-refractivity contribution is -0.142. The van der Waals surface area contributed by atoms with Gasteiger partial charge < -0.3 is 9.47 Å². The molecule has 2 heterocycles. The number of ketones is 1. The quantitative estimate of drug-likeness (QED) is 0.836. The van der Waals surface area contributed by atoms with Crippen molar-refractivity contribution in [3.8, 4) is 0 Å². The van der Waals surface area contributed by atoms with Crippen molar-refractivity contribution < 1.29 is 14.3 Å². The summed E-state index contributed by atoms with van der Waals surface area (Å²) in [5.74, 6) is 0.0429. The monoisotopic (exact) mass is 288 g/mol. The average molecular weight is 288 g/mol. The molecule has 0 amide bonds. The smallest absolute Gasteiger partial charge is 0.172 e. The maximum Gasteiger partial charge on any atom is 0.172 e. The van der Waals surface area contributed by atoms with Gasteiger partial charge in [-0.3, -0.25) is 4.79 Å². The van der Waals surface area contributed by atoms with Crippen LogP contribution in [0, 0.1) is 5.92 Å². The molecule has 2 aliphatic heterocycles. The fourth-order valence-corrected chi connectivity index (χ4v) is 3.82. The lowest BCUT2D eigenvalue weighted by Crippen LogP contribution is -2.38. The van der Waals surface area contributed by atoms with Crippen molar-refractivity contribution in [2.24, 2.45) is 5.92 Å². The fraction of sp³-hybridized carbons (Fsp3) is 0.611. The average Bonchev–Trinajstić information content (AvgIpc) is 2.65. The molecular formula is C18H24O3. The van der Waals surface area contributed by atoms with Crippen molar-refractivity contribution in [2.45, 2.75) is 57.8 Å². The van der Waals surface area contributed by atoms with Gasteiger partial charge in [-0.05, 0) is 51.7 Å². The van der Waals surface area contributed by atoms with E-state index in [9.17, 15) is 4.79 Å². The number of Topliss-reactive ketones (excluding diaryl/α,β-unsaturated/α-hetero) is 1. The zero-order chi connectivity index (χ0) is 15.3. The Morgan fingerprint density at radius 2 is 1.90 bits per heavy atom. The van der Waals surface area contributed by atoms with Gasteiger partial charge in [0.2, 0.25) is 0 Å². The molecule has 21 heavy (non-hydrogen) atoms. The van der Waals surface area contributed by atoms with E-state index in [-0.39, 0.29) is 17.3 Å². The molecule has 0 bridgehead atoms. The molecule has 3 heteroatoms. The highest BCUT2D eigenvalue weighted by atomic mass is 16.5. The lowest BCUT2D eigenvalue weighted by atomic mass is 9.80. The van der Waals surface area contributed by atoms with E-state index in [2.05, 4.69) is 19.9 Å². The van der Waals surface area contributed by atoms with Gasteiger partial charge in [0.05, 0.1) is 23.7 Å². The minimum atomic E-state index is -0.434. The van der Waals surface area contributed by atoms with Gasteiger partial charge in [-0.25, -0.2) is 0 Å². The van der Waals surface area contributed by atoms with Crippen molar-refractivity contribution in [1.82, 2.24) is 0 Å². The topological polar surface area (TPSA) is 35.5 Å². The van der Waals surface area contributed by atoms with Gasteiger partial charge in [-0.1, -0.05) is 24.3 Å². The Balaban J connectivity index is 1.90. The second-order valence-electron chi connectivity index (χ2n) is 7.32. The third-order valence-electron chi connectivity index (χ3n) is 4.67. The molecule has 0 aliphatic carbocycles. The SMILES string of the molecule is CC1(C)CC(C(=O)C2OCCc3ccccc32)C(C)(C)O1. The number of carbonyl (C=O) groups excluding carboxylic acids is 1. The Bertz CT molecular complexity index is 559. The van der Waals surface area contributed by atoms with Crippen molar-refractivity contribution in [1.29, 1.82) is 0 Å². The number of ether oxygens (including phenoxy) is 2. The molecule has 1 aromatic carbocycles. The van der Waals surface area contributed by atoms with Crippen LogP contribution in [0.5, 0.6) is 0 Å². The van der Waals surface area contributed by atoms with E-state index in [0.717, 1.165) is 18.4 Å². The number of carbonyl (C=O) groups is 1. The second-order valence-corrected chi connectivity index (χ2v) is 7.32. The zero-order valence-corrected chi connectivity index (χ0v) is 13.3. The Kier molecular flexibility index (Phi) is 3.45. The van der Waals surface area contributed by atoms with Gasteiger partial charge >= 0.3 is 0 Å². The number of fused-ring (bicyclic) bond motifs is 1. The molecule has 1 saturated heterocycles. The van der Waals surface area contributed by atoms with Crippen LogP contribution in [-0.4, -0.2) is 23.6 Å². The predicted molar refractivity (Wildman–Crippen MR) is 81.2 cm³/mol. The summed E-state index contributed by atoms with van der Waals surface area (Å²) in [6.07, 6.45) is 1.20. The summed E-state index contributed by atoms with van der Waals surface area (Å²) in [6, 6.07) is 8.12. The van der Waals surface area contributed by atoms with E-state index >= 15 is 0 Å². The summed E-state index contributed by atoms with van der Waals surface area (Å²) in [5, 5.41) is 0. The summed E-state index contributed by atoms with van der Waals surface area (Å²) < 4.78 is 11.9. The molecular weight excluding hydrogens is 264 g/mol. The minimum absolute atomic E-state index is 0.122. The first-order valence-corrected chi connectivity index (χ1v) is 7.73. The van der Waals surface area contributed by atoms with Crippen LogP contribution in [0.25, 0.3) is 0 Å². The molecule has 2 atom stereocenters. The Morgan fingerprint density at radius 3 is 2.57 bits per heavy atom. The van der Waals surface area contributed by atoms with Crippen molar-refractivity contribution >= 4 is 5.78 Å². The standard InChI is InChI=1S/C18H24O3/c1-17(2)11-14(18(3,4)21-17)15(19)16-13-8-6-5-7-12(13)9-10-20-16/h5-8,14,16H,9-11H2,1-4H3. The first kappa shape index (κ1) is 14.7. The van der Waals surface area contributed by atoms with Crippen LogP contribution in [0.15, 0.2) is 24.3 Å². The highest BCUT2D eigenvalue weighted by Crippen LogP contribution is 2.45. The van der Waals surface area contributed by atoms with Gasteiger partial charge in [0.25, 0.3) is 0 Å². The maximum absolute atomic E-state index is 13.1. The molecule has 0 N–H and O–H groups in total. The van der Waals surface area contributed by atoms with E-state index in [1.807, 2.05) is 32.0 Å². The molecule has 0 spiro atoms. The molecule has 1 aromatic rings. The fourth-order valence-electron chi connectivity index (χ4n) is 3.82. The summed E-state index contributed by atoms with van der Waals surface area (Å²) in [7, 11) is 0. The lowest BCUT2D eigenvalue weighted by Gasteiger charge is -2.31. The number of rotatable bonds is 2. The van der Waals surface area contributed by atoms with E-state index in [0.29, 0.717) is 6.61 Å². The van der Waals surface area contributed by atoms with Crippen LogP contribution in [0.1, 0.15) is 51.3 Å². The predicted octanol–water partition coefficient (Wildman–Crippen LogP) is 3.46. The summed E-state index contributed by atoms with van der Waals surface area (Å²) in [4.78, 5) is 13.1. The van der Waals surface area contributed by atoms with E-state index in [1.165, 1.54) is 5.56 Å². The first-order valence-electron chi connectivity index (χ1n) is 7.73. The Morgan fingerprint density at radius 1 is 1.19 bits per heavy atom. The molecule has 0 aromatic heterocycles. The molecule has 0 radical (unpaired) electrons. The van der Waals surface area contributed by atoms with Gasteiger partial charge in [-0.15, -0.1) is 0 Å². The van der Waals surface area contributed by atoms with Crippen molar-refractivity contribution in [3.05, 3.63) is 35.4 Å². The molecule has 0 saturated carbocycles. The van der Waals surface area contributed by atoms with Gasteiger partial charge in [0, 0.05) is 0 Å². The number of hydrogen-bond acceptors (Lipinski definition) is 3. The normalized spacial score (nSPS) is 29.9. The summed E-state index contributed by atoms with van der Waals surface area (Å²) >= 11 is 0. The molecule has 2 aliphatic rings. The van der Waals surface area contributed by atoms with Gasteiger partial charge in [0.1, 0.15) is 6.10 Å². The minimum Gasteiger partial charge on any atom is -0.369 e. The molecule has 2 unspecified atom stereocenters. The maximum atomic E-state index is 13.1. The van der Waals surface area contributed by atoms with Crippen LogP contribution in [0.3, 0.4) is 0 Å². The van der Waals surface area contributed by atoms with Crippen LogP contribution in [0.2, 0.25) is 0 Å². The first-order chi connectivity index (χ1) is 9.80. The summed E-state index contributed by atoms with van der Waals surface area (Å²) in [5.41, 5.74) is 1.58. The summed E-state index contributed by atoms with van der Waals surface area (Å²) in [6.45, 7) is 8.75. The highest BCUT2D eigenvalue weighted by molar-refractivity contribution is 5.88. The third kappa shape index (κ3) is 2.65. The Hall–Kier alpha value is -1.19. The molecule has 1 fully saturated rings. The van der Waals surface area contributed by atoms with E-state index in [4.69, 9.17) is 9.47 Å². The number of benzene rings is 1. The van der Waals surface area contributed by atoms with Crippen molar-refractivity contribution in [2.75, 3.05) is 6.61 Å². The highest BCUT2D eigenvalue weighted by Gasteiger charge is 2.51. The Labute approximate surface area is 126 Å². The second kappa shape index (κ2) is 4.92. The van der Waals surface area contributed by atoms with Gasteiger partial charge in [0.15, 0.2) is 5.78 Å². The molecule has 3 rings (SSSR count).